The quantitative estimate of drug-likeness (QED) is 0.414. The first kappa shape index (κ1) is 23.1. The van der Waals surface area contributed by atoms with Crippen molar-refractivity contribution >= 4 is 17.5 Å². The van der Waals surface area contributed by atoms with Gasteiger partial charge in [0.15, 0.2) is 5.82 Å². The number of nitrogens with one attached hydrogen (secondary N) is 2. The number of methoxy groups -OCH3 is 2. The number of anilines is 2. The summed E-state index contributed by atoms with van der Waals surface area (Å²) in [4.78, 5) is 22.5. The Balaban J connectivity index is 1.66. The summed E-state index contributed by atoms with van der Waals surface area (Å²) < 4.78 is 12.9. The Morgan fingerprint density at radius 1 is 1.06 bits per heavy atom. The highest BCUT2D eigenvalue weighted by atomic mass is 16.5. The molecule has 0 radical (unpaired) electrons. The summed E-state index contributed by atoms with van der Waals surface area (Å²) in [6.07, 6.45) is 3.25. The van der Waals surface area contributed by atoms with Crippen LogP contribution in [0.4, 0.5) is 11.6 Å². The Hall–Kier alpha value is -4.66. The van der Waals surface area contributed by atoms with Crippen LogP contribution in [0.2, 0.25) is 0 Å². The normalized spacial score (nSPS) is 14.6. The van der Waals surface area contributed by atoms with Crippen molar-refractivity contribution in [3.05, 3.63) is 89.4 Å². The zero-order valence-corrected chi connectivity index (χ0v) is 20.4. The molecule has 5 rings (SSSR count). The zero-order chi connectivity index (χ0) is 25.2. The molecule has 3 heterocycles. The van der Waals surface area contributed by atoms with Gasteiger partial charge in [-0.05, 0) is 44.2 Å². The van der Waals surface area contributed by atoms with Crippen LogP contribution in [0.5, 0.6) is 11.5 Å². The van der Waals surface area contributed by atoms with Gasteiger partial charge in [-0.1, -0.05) is 29.8 Å². The third kappa shape index (κ3) is 4.26. The number of rotatable bonds is 6. The fourth-order valence-corrected chi connectivity index (χ4v) is 4.25. The first-order chi connectivity index (χ1) is 17.5. The lowest BCUT2D eigenvalue weighted by Gasteiger charge is -2.29. The minimum atomic E-state index is -0.630. The number of carbonyl (C=O) groups is 1. The van der Waals surface area contributed by atoms with E-state index in [2.05, 4.69) is 15.6 Å². The molecule has 2 aromatic heterocycles. The molecule has 0 saturated heterocycles. The van der Waals surface area contributed by atoms with Gasteiger partial charge in [-0.25, -0.2) is 4.68 Å². The maximum absolute atomic E-state index is 13.7. The monoisotopic (exact) mass is 482 g/mol. The van der Waals surface area contributed by atoms with Crippen LogP contribution in [-0.4, -0.2) is 39.9 Å². The number of fused-ring (bicyclic) bond motifs is 1. The fraction of sp³-hybridized carbons (Fsp3) is 0.185. The number of amides is 1. The van der Waals surface area contributed by atoms with E-state index < -0.39 is 6.04 Å². The fourth-order valence-electron chi connectivity index (χ4n) is 4.25. The van der Waals surface area contributed by atoms with Crippen LogP contribution < -0.4 is 20.1 Å². The molecule has 0 aliphatic carbocycles. The molecule has 4 aromatic rings. The molecular formula is C27H26N6O3. The third-order valence-electron chi connectivity index (χ3n) is 6.06. The van der Waals surface area contributed by atoms with Gasteiger partial charge < -0.3 is 20.1 Å². The second-order valence-corrected chi connectivity index (χ2v) is 8.44. The predicted molar refractivity (Wildman–Crippen MR) is 137 cm³/mol. The topological polar surface area (TPSA) is 103 Å². The number of carbonyl (C=O) groups excluding carboxylic acids is 1. The van der Waals surface area contributed by atoms with Gasteiger partial charge >= 0.3 is 0 Å². The summed E-state index contributed by atoms with van der Waals surface area (Å²) in [5.74, 6) is 2.01. The number of hydrogen-bond acceptors (Lipinski definition) is 7. The highest BCUT2D eigenvalue weighted by molar-refractivity contribution is 6.06. The summed E-state index contributed by atoms with van der Waals surface area (Å²) in [5.41, 5.74) is 4.45. The van der Waals surface area contributed by atoms with Crippen LogP contribution in [0.15, 0.2) is 78.3 Å². The van der Waals surface area contributed by atoms with Gasteiger partial charge in [0.25, 0.3) is 5.91 Å². The van der Waals surface area contributed by atoms with E-state index in [1.807, 2.05) is 56.3 Å². The first-order valence-corrected chi connectivity index (χ1v) is 11.4. The highest BCUT2D eigenvalue weighted by Gasteiger charge is 2.36. The summed E-state index contributed by atoms with van der Waals surface area (Å²) in [6, 6.07) is 16.4. The number of aryl methyl sites for hydroxylation is 1. The molecule has 1 amide bonds. The van der Waals surface area contributed by atoms with Gasteiger partial charge in [0, 0.05) is 23.0 Å². The van der Waals surface area contributed by atoms with Crippen molar-refractivity contribution in [1.29, 1.82) is 0 Å². The van der Waals surface area contributed by atoms with Gasteiger partial charge in [-0.3, -0.25) is 9.78 Å². The lowest BCUT2D eigenvalue weighted by molar-refractivity contribution is -0.113. The molecule has 9 nitrogen and oxygen atoms in total. The zero-order valence-electron chi connectivity index (χ0n) is 20.4. The van der Waals surface area contributed by atoms with Crippen molar-refractivity contribution in [3.8, 4) is 22.9 Å². The lowest BCUT2D eigenvalue weighted by atomic mass is 9.94. The summed E-state index contributed by atoms with van der Waals surface area (Å²) in [7, 11) is 3.19. The van der Waals surface area contributed by atoms with Crippen LogP contribution in [0, 0.1) is 6.92 Å². The standard InChI is InChI=1S/C27H26N6O3/c1-16-7-9-18(10-8-16)25-31-27-29-17(2)23(26(34)30-19-6-5-13-28-15-19)24(33(27)32-25)21-14-20(35-3)11-12-22(21)36-4/h5-15,24H,1-4H3,(H,30,34)(H,29,31,32). The van der Waals surface area contributed by atoms with E-state index in [4.69, 9.17) is 19.6 Å². The van der Waals surface area contributed by atoms with Gasteiger partial charge in [0.1, 0.15) is 17.5 Å². The molecular weight excluding hydrogens is 456 g/mol. The summed E-state index contributed by atoms with van der Waals surface area (Å²) in [6.45, 7) is 3.88. The number of ether oxygens (including phenoxy) is 2. The smallest absolute Gasteiger partial charge is 0.255 e. The molecule has 9 heteroatoms. The molecule has 1 unspecified atom stereocenters. The maximum atomic E-state index is 13.7. The van der Waals surface area contributed by atoms with Crippen LogP contribution >= 0.6 is 0 Å². The van der Waals surface area contributed by atoms with E-state index in [1.54, 1.807) is 43.4 Å². The Labute approximate surface area is 208 Å². The van der Waals surface area contributed by atoms with Crippen LogP contribution in [0.1, 0.15) is 24.1 Å². The van der Waals surface area contributed by atoms with E-state index >= 15 is 0 Å². The van der Waals surface area contributed by atoms with Crippen molar-refractivity contribution < 1.29 is 14.3 Å². The molecule has 1 aliphatic rings. The molecule has 0 fully saturated rings. The Kier molecular flexibility index (Phi) is 6.12. The van der Waals surface area contributed by atoms with E-state index in [0.29, 0.717) is 40.2 Å². The second kappa shape index (κ2) is 9.53. The number of pyridine rings is 1. The second-order valence-electron chi connectivity index (χ2n) is 8.44. The number of allylic oxidation sites excluding steroid dienone is 1. The van der Waals surface area contributed by atoms with Gasteiger partial charge in [-0.2, -0.15) is 4.98 Å². The average molecular weight is 483 g/mol. The van der Waals surface area contributed by atoms with Crippen molar-refractivity contribution in [2.24, 2.45) is 0 Å². The molecule has 36 heavy (non-hydrogen) atoms. The molecule has 1 atom stereocenters. The van der Waals surface area contributed by atoms with E-state index in [0.717, 1.165) is 16.7 Å². The molecule has 0 spiro atoms. The Morgan fingerprint density at radius 2 is 1.86 bits per heavy atom. The highest BCUT2D eigenvalue weighted by Crippen LogP contribution is 2.41. The van der Waals surface area contributed by atoms with Crippen LogP contribution in [-0.2, 0) is 4.79 Å². The summed E-state index contributed by atoms with van der Waals surface area (Å²) >= 11 is 0. The number of aromatic nitrogens is 4. The number of nitrogens with zero attached hydrogens (tertiary/aromatic N) is 4. The molecule has 0 saturated carbocycles. The van der Waals surface area contributed by atoms with Crippen LogP contribution in [0.25, 0.3) is 11.4 Å². The largest absolute Gasteiger partial charge is 0.497 e. The summed E-state index contributed by atoms with van der Waals surface area (Å²) in [5, 5.41) is 11.0. The van der Waals surface area contributed by atoms with E-state index in [9.17, 15) is 4.79 Å². The van der Waals surface area contributed by atoms with Crippen molar-refractivity contribution in [2.45, 2.75) is 19.9 Å². The first-order valence-electron chi connectivity index (χ1n) is 11.4. The van der Waals surface area contributed by atoms with Gasteiger partial charge in [0.2, 0.25) is 5.95 Å². The van der Waals surface area contributed by atoms with E-state index in [1.165, 1.54) is 0 Å². The lowest BCUT2D eigenvalue weighted by Crippen LogP contribution is -2.31. The molecule has 1 aliphatic heterocycles. The number of hydrogen-bond donors (Lipinski definition) is 2. The van der Waals surface area contributed by atoms with Crippen LogP contribution in [0.3, 0.4) is 0 Å². The van der Waals surface area contributed by atoms with Gasteiger partial charge in [-0.15, -0.1) is 5.10 Å². The Morgan fingerprint density at radius 3 is 2.56 bits per heavy atom. The average Bonchev–Trinajstić information content (AvgIpc) is 3.32. The maximum Gasteiger partial charge on any atom is 0.255 e. The number of benzene rings is 2. The van der Waals surface area contributed by atoms with Gasteiger partial charge in [0.05, 0.1) is 31.7 Å². The Bertz CT molecular complexity index is 1440. The molecule has 0 bridgehead atoms. The molecule has 2 N–H and O–H groups in total. The van der Waals surface area contributed by atoms with Crippen molar-refractivity contribution in [1.82, 2.24) is 19.7 Å². The molecule has 182 valence electrons. The minimum Gasteiger partial charge on any atom is -0.497 e. The SMILES string of the molecule is COc1ccc(OC)c(C2C(C(=O)Nc3cccnc3)=C(C)Nc3nc(-c4ccc(C)cc4)nn32)c1. The third-order valence-corrected chi connectivity index (χ3v) is 6.06. The van der Waals surface area contributed by atoms with Crippen molar-refractivity contribution in [2.75, 3.05) is 24.9 Å². The predicted octanol–water partition coefficient (Wildman–Crippen LogP) is 4.59. The van der Waals surface area contributed by atoms with E-state index in [-0.39, 0.29) is 5.91 Å². The van der Waals surface area contributed by atoms with Crippen molar-refractivity contribution in [3.63, 3.8) is 0 Å². The molecule has 2 aromatic carbocycles. The minimum absolute atomic E-state index is 0.291.